The summed E-state index contributed by atoms with van der Waals surface area (Å²) in [4.78, 5) is 16.2. The molecule has 0 spiro atoms. The normalized spacial score (nSPS) is 14.8. The molecule has 6 heteroatoms. The minimum atomic E-state index is -0.417. The van der Waals surface area contributed by atoms with E-state index >= 15 is 0 Å². The molecule has 2 aromatic carbocycles. The summed E-state index contributed by atoms with van der Waals surface area (Å²) in [5.41, 5.74) is 2.20. The van der Waals surface area contributed by atoms with E-state index in [1.807, 2.05) is 42.5 Å². The van der Waals surface area contributed by atoms with Crippen molar-refractivity contribution in [3.63, 3.8) is 0 Å². The Morgan fingerprint density at radius 2 is 2.00 bits per heavy atom. The maximum absolute atomic E-state index is 14.5. The fourth-order valence-electron chi connectivity index (χ4n) is 3.13. The molecule has 0 fully saturated rings. The zero-order valence-corrected chi connectivity index (χ0v) is 15.1. The lowest BCUT2D eigenvalue weighted by Gasteiger charge is -2.12. The first-order chi connectivity index (χ1) is 13.7. The smallest absolute Gasteiger partial charge is 0.258 e. The summed E-state index contributed by atoms with van der Waals surface area (Å²) in [5.74, 6) is 0.211. The van der Waals surface area contributed by atoms with Crippen LogP contribution in [0.15, 0.2) is 66.9 Å². The van der Waals surface area contributed by atoms with E-state index in [1.165, 1.54) is 6.07 Å². The van der Waals surface area contributed by atoms with Crippen molar-refractivity contribution in [2.75, 3.05) is 13.2 Å². The van der Waals surface area contributed by atoms with Crippen LogP contribution in [0, 0.1) is 5.82 Å². The van der Waals surface area contributed by atoms with Gasteiger partial charge in [0.15, 0.2) is 18.2 Å². The maximum Gasteiger partial charge on any atom is 0.258 e. The molecule has 1 unspecified atom stereocenters. The number of aromatic nitrogens is 1. The third kappa shape index (κ3) is 4.11. The Balaban J connectivity index is 1.33. The Bertz CT molecular complexity index is 964. The Labute approximate surface area is 162 Å². The lowest BCUT2D eigenvalue weighted by Crippen LogP contribution is -2.37. The van der Waals surface area contributed by atoms with Gasteiger partial charge >= 0.3 is 0 Å². The summed E-state index contributed by atoms with van der Waals surface area (Å²) < 4.78 is 25.6. The molecule has 3 aromatic rings. The number of hydrogen-bond donors (Lipinski definition) is 1. The highest BCUT2D eigenvalue weighted by atomic mass is 19.1. The Hall–Kier alpha value is -3.41. The van der Waals surface area contributed by atoms with Gasteiger partial charge in [-0.25, -0.2) is 4.39 Å². The summed E-state index contributed by atoms with van der Waals surface area (Å²) >= 11 is 0. The largest absolute Gasteiger partial charge is 0.485 e. The molecule has 1 aromatic heterocycles. The average molecular weight is 378 g/mol. The summed E-state index contributed by atoms with van der Waals surface area (Å²) in [6.07, 6.45) is 1.88. The van der Waals surface area contributed by atoms with Gasteiger partial charge in [0, 0.05) is 23.7 Å². The number of pyridine rings is 1. The van der Waals surface area contributed by atoms with E-state index in [1.54, 1.807) is 18.3 Å². The van der Waals surface area contributed by atoms with E-state index < -0.39 is 5.82 Å². The molecule has 4 rings (SSSR count). The number of halogens is 1. The van der Waals surface area contributed by atoms with E-state index in [0.717, 1.165) is 5.56 Å². The van der Waals surface area contributed by atoms with Crippen molar-refractivity contribution in [2.24, 2.45) is 0 Å². The van der Waals surface area contributed by atoms with Crippen LogP contribution >= 0.6 is 0 Å². The molecule has 0 bridgehead atoms. The van der Waals surface area contributed by atoms with E-state index in [4.69, 9.17) is 9.47 Å². The van der Waals surface area contributed by atoms with Crippen LogP contribution in [0.2, 0.25) is 0 Å². The van der Waals surface area contributed by atoms with E-state index in [9.17, 15) is 9.18 Å². The molecule has 0 aliphatic carbocycles. The lowest BCUT2D eigenvalue weighted by molar-refractivity contribution is -0.123. The number of para-hydroxylation sites is 1. The molecule has 1 aliphatic heterocycles. The van der Waals surface area contributed by atoms with Gasteiger partial charge in [-0.15, -0.1) is 0 Å². The number of nitrogens with one attached hydrogen (secondary N) is 1. The highest BCUT2D eigenvalue weighted by Gasteiger charge is 2.27. The third-order valence-corrected chi connectivity index (χ3v) is 4.45. The Morgan fingerprint density at radius 1 is 1.18 bits per heavy atom. The molecule has 28 heavy (non-hydrogen) atoms. The predicted octanol–water partition coefficient (Wildman–Crippen LogP) is 3.39. The second-order valence-electron chi connectivity index (χ2n) is 6.51. The number of hydrogen-bond acceptors (Lipinski definition) is 4. The summed E-state index contributed by atoms with van der Waals surface area (Å²) in [7, 11) is 0. The molecule has 1 N–H and O–H groups in total. The van der Waals surface area contributed by atoms with Crippen LogP contribution in [0.3, 0.4) is 0 Å². The number of carbonyl (C=O) groups is 1. The highest BCUT2D eigenvalue weighted by molar-refractivity contribution is 5.77. The molecule has 0 radical (unpaired) electrons. The molecule has 2 heterocycles. The van der Waals surface area contributed by atoms with Crippen LogP contribution in [-0.4, -0.2) is 30.1 Å². The first kappa shape index (κ1) is 18.0. The van der Waals surface area contributed by atoms with Crippen LogP contribution in [0.4, 0.5) is 4.39 Å². The molecule has 1 atom stereocenters. The van der Waals surface area contributed by atoms with Crippen LogP contribution in [-0.2, 0) is 11.2 Å². The molecular weight excluding hydrogens is 359 g/mol. The van der Waals surface area contributed by atoms with Gasteiger partial charge in [0.1, 0.15) is 11.9 Å². The van der Waals surface area contributed by atoms with Crippen molar-refractivity contribution >= 4 is 5.91 Å². The van der Waals surface area contributed by atoms with Gasteiger partial charge in [0.05, 0.1) is 12.2 Å². The third-order valence-electron chi connectivity index (χ3n) is 4.45. The number of carbonyl (C=O) groups excluding carboxylic acids is 1. The second-order valence-corrected chi connectivity index (χ2v) is 6.51. The number of nitrogens with zero attached hydrogens (tertiary/aromatic N) is 1. The summed E-state index contributed by atoms with van der Waals surface area (Å²) in [6, 6.07) is 17.9. The zero-order chi connectivity index (χ0) is 19.3. The van der Waals surface area contributed by atoms with Gasteiger partial charge in [-0.05, 0) is 36.4 Å². The molecule has 142 valence electrons. The van der Waals surface area contributed by atoms with E-state index in [2.05, 4.69) is 10.3 Å². The molecule has 1 amide bonds. The SMILES string of the molecule is O=C(COc1ccccc1)NCC1Cc2cc(-c3ccccn3)cc(F)c2O1. The quantitative estimate of drug-likeness (QED) is 0.714. The summed E-state index contributed by atoms with van der Waals surface area (Å²) in [5, 5.41) is 2.77. The van der Waals surface area contributed by atoms with Gasteiger partial charge in [0.2, 0.25) is 0 Å². The topological polar surface area (TPSA) is 60.5 Å². The molecular formula is C22H19FN2O3. The number of fused-ring (bicyclic) bond motifs is 1. The highest BCUT2D eigenvalue weighted by Crippen LogP contribution is 2.35. The molecule has 5 nitrogen and oxygen atoms in total. The van der Waals surface area contributed by atoms with Crippen LogP contribution in [0.25, 0.3) is 11.3 Å². The molecule has 0 saturated heterocycles. The number of amides is 1. The van der Waals surface area contributed by atoms with Crippen LogP contribution < -0.4 is 14.8 Å². The first-order valence-electron chi connectivity index (χ1n) is 9.04. The predicted molar refractivity (Wildman–Crippen MR) is 103 cm³/mol. The number of rotatable bonds is 6. The minimum absolute atomic E-state index is 0.0815. The number of ether oxygens (including phenoxy) is 2. The van der Waals surface area contributed by atoms with E-state index in [0.29, 0.717) is 23.4 Å². The van der Waals surface area contributed by atoms with Crippen LogP contribution in [0.1, 0.15) is 5.56 Å². The van der Waals surface area contributed by atoms with Gasteiger partial charge < -0.3 is 14.8 Å². The van der Waals surface area contributed by atoms with Crippen molar-refractivity contribution < 1.29 is 18.7 Å². The van der Waals surface area contributed by atoms with Crippen LogP contribution in [0.5, 0.6) is 11.5 Å². The zero-order valence-electron chi connectivity index (χ0n) is 15.1. The minimum Gasteiger partial charge on any atom is -0.485 e. The standard InChI is InChI=1S/C22H19FN2O3/c23-19-12-15(20-8-4-5-9-24-20)10-16-11-18(28-22(16)19)13-25-21(26)14-27-17-6-2-1-3-7-17/h1-10,12,18H,11,13-14H2,(H,25,26). The van der Waals surface area contributed by atoms with Crippen molar-refractivity contribution in [2.45, 2.75) is 12.5 Å². The van der Waals surface area contributed by atoms with Gasteiger partial charge in [-0.3, -0.25) is 9.78 Å². The molecule has 1 aliphatic rings. The Kier molecular flexibility index (Phi) is 5.19. The average Bonchev–Trinajstić information content (AvgIpc) is 3.16. The Morgan fingerprint density at radius 3 is 2.79 bits per heavy atom. The second kappa shape index (κ2) is 8.08. The maximum atomic E-state index is 14.5. The summed E-state index contributed by atoms with van der Waals surface area (Å²) in [6.45, 7) is 0.200. The number of benzene rings is 2. The van der Waals surface area contributed by atoms with Crippen molar-refractivity contribution in [3.05, 3.63) is 78.2 Å². The van der Waals surface area contributed by atoms with Crippen molar-refractivity contribution in [3.8, 4) is 22.8 Å². The first-order valence-corrected chi connectivity index (χ1v) is 9.04. The van der Waals surface area contributed by atoms with E-state index in [-0.39, 0.29) is 30.9 Å². The van der Waals surface area contributed by atoms with Crippen molar-refractivity contribution in [1.82, 2.24) is 10.3 Å². The lowest BCUT2D eigenvalue weighted by atomic mass is 10.0. The monoisotopic (exact) mass is 378 g/mol. The fraction of sp³-hybridized carbons (Fsp3) is 0.182. The fourth-order valence-corrected chi connectivity index (χ4v) is 3.13. The van der Waals surface area contributed by atoms with Gasteiger partial charge in [-0.1, -0.05) is 24.3 Å². The van der Waals surface area contributed by atoms with Gasteiger partial charge in [-0.2, -0.15) is 0 Å². The van der Waals surface area contributed by atoms with Crippen molar-refractivity contribution in [1.29, 1.82) is 0 Å². The molecule has 0 saturated carbocycles. The van der Waals surface area contributed by atoms with Gasteiger partial charge in [0.25, 0.3) is 5.91 Å².